The van der Waals surface area contributed by atoms with E-state index in [4.69, 9.17) is 10.5 Å². The van der Waals surface area contributed by atoms with Gasteiger partial charge in [-0.15, -0.1) is 0 Å². The lowest BCUT2D eigenvalue weighted by molar-refractivity contribution is -0.0161. The molecule has 2 rings (SSSR count). The van der Waals surface area contributed by atoms with Gasteiger partial charge in [-0.25, -0.2) is 0 Å². The number of aryl methyl sites for hydroxylation is 1. The van der Waals surface area contributed by atoms with Crippen molar-refractivity contribution in [3.8, 4) is 0 Å². The van der Waals surface area contributed by atoms with Crippen LogP contribution in [0, 0.1) is 0 Å². The molecule has 17 heavy (non-hydrogen) atoms. The van der Waals surface area contributed by atoms with Gasteiger partial charge in [-0.2, -0.15) is 5.10 Å². The molecule has 96 valence electrons. The number of rotatable bonds is 4. The van der Waals surface area contributed by atoms with Gasteiger partial charge in [-0.05, 0) is 12.8 Å². The lowest BCUT2D eigenvalue weighted by atomic mass is 10.1. The summed E-state index contributed by atoms with van der Waals surface area (Å²) >= 11 is 0. The highest BCUT2D eigenvalue weighted by atomic mass is 16.5. The highest BCUT2D eigenvalue weighted by Gasteiger charge is 2.19. The molecule has 2 N–H and O–H groups in total. The van der Waals surface area contributed by atoms with Crippen LogP contribution in [-0.2, 0) is 11.8 Å². The summed E-state index contributed by atoms with van der Waals surface area (Å²) in [6.45, 7) is 0.530. The first-order chi connectivity index (χ1) is 8.29. The van der Waals surface area contributed by atoms with Gasteiger partial charge in [-0.3, -0.25) is 4.68 Å². The molecule has 4 heteroatoms. The third kappa shape index (κ3) is 3.54. The molecular formula is C13H23N3O. The van der Waals surface area contributed by atoms with Crippen LogP contribution in [-0.4, -0.2) is 22.4 Å². The number of aromatic nitrogens is 2. The predicted molar refractivity (Wildman–Crippen MR) is 67.6 cm³/mol. The lowest BCUT2D eigenvalue weighted by Gasteiger charge is -2.22. The van der Waals surface area contributed by atoms with Crippen molar-refractivity contribution in [1.29, 1.82) is 0 Å². The van der Waals surface area contributed by atoms with Gasteiger partial charge in [0.15, 0.2) is 0 Å². The van der Waals surface area contributed by atoms with Gasteiger partial charge >= 0.3 is 0 Å². The second-order valence-corrected chi connectivity index (χ2v) is 4.92. The summed E-state index contributed by atoms with van der Waals surface area (Å²) in [5, 5.41) is 4.18. The number of nitrogens with two attached hydrogens (primary N) is 1. The minimum Gasteiger partial charge on any atom is -0.369 e. The van der Waals surface area contributed by atoms with E-state index in [1.165, 1.54) is 38.5 Å². The largest absolute Gasteiger partial charge is 0.369 e. The second-order valence-electron chi connectivity index (χ2n) is 4.92. The van der Waals surface area contributed by atoms with Crippen LogP contribution in [0.3, 0.4) is 0 Å². The molecule has 1 fully saturated rings. The molecule has 1 unspecified atom stereocenters. The van der Waals surface area contributed by atoms with Crippen LogP contribution in [0.25, 0.3) is 0 Å². The summed E-state index contributed by atoms with van der Waals surface area (Å²) in [6.07, 6.45) is 11.9. The molecule has 1 aromatic heterocycles. The van der Waals surface area contributed by atoms with Crippen LogP contribution in [0.4, 0.5) is 0 Å². The van der Waals surface area contributed by atoms with E-state index in [1.54, 1.807) is 4.68 Å². The van der Waals surface area contributed by atoms with E-state index in [9.17, 15) is 0 Å². The van der Waals surface area contributed by atoms with Crippen LogP contribution in [0.5, 0.6) is 0 Å². The Morgan fingerprint density at radius 1 is 1.41 bits per heavy atom. The molecule has 1 heterocycles. The fraction of sp³-hybridized carbons (Fsp3) is 0.769. The molecule has 0 amide bonds. The Morgan fingerprint density at radius 2 is 2.12 bits per heavy atom. The van der Waals surface area contributed by atoms with Crippen molar-refractivity contribution in [3.05, 3.63) is 18.0 Å². The van der Waals surface area contributed by atoms with Crippen LogP contribution < -0.4 is 5.73 Å². The molecule has 0 spiro atoms. The summed E-state index contributed by atoms with van der Waals surface area (Å²) in [5.41, 5.74) is 6.90. The first-order valence-electron chi connectivity index (χ1n) is 6.63. The Labute approximate surface area is 103 Å². The van der Waals surface area contributed by atoms with Crippen molar-refractivity contribution in [3.63, 3.8) is 0 Å². The van der Waals surface area contributed by atoms with Crippen LogP contribution in [0.1, 0.15) is 50.2 Å². The minimum absolute atomic E-state index is 0.00630. The molecule has 0 aromatic carbocycles. The quantitative estimate of drug-likeness (QED) is 0.816. The van der Waals surface area contributed by atoms with E-state index < -0.39 is 0 Å². The highest BCUT2D eigenvalue weighted by molar-refractivity contribution is 5.08. The normalized spacial score (nSPS) is 20.1. The third-order valence-electron chi connectivity index (χ3n) is 3.47. The number of nitrogens with zero attached hydrogens (tertiary/aromatic N) is 2. The van der Waals surface area contributed by atoms with Crippen molar-refractivity contribution in [1.82, 2.24) is 9.78 Å². The van der Waals surface area contributed by atoms with Gasteiger partial charge in [0.2, 0.25) is 0 Å². The van der Waals surface area contributed by atoms with Crippen LogP contribution >= 0.6 is 0 Å². The molecule has 0 bridgehead atoms. The number of hydrogen-bond acceptors (Lipinski definition) is 3. The smallest absolute Gasteiger partial charge is 0.0981 e. The fourth-order valence-electron chi connectivity index (χ4n) is 2.49. The van der Waals surface area contributed by atoms with E-state index in [1.807, 2.05) is 19.4 Å². The SMILES string of the molecule is Cn1cc(C(CN)OC2CCCCCC2)cn1. The number of hydrogen-bond donors (Lipinski definition) is 1. The summed E-state index contributed by atoms with van der Waals surface area (Å²) in [4.78, 5) is 0. The Balaban J connectivity index is 1.94. The minimum atomic E-state index is 0.00630. The topological polar surface area (TPSA) is 53.1 Å². The predicted octanol–water partition coefficient (Wildman–Crippen LogP) is 2.16. The van der Waals surface area contributed by atoms with Gasteiger partial charge in [0, 0.05) is 25.4 Å². The Morgan fingerprint density at radius 3 is 2.65 bits per heavy atom. The molecule has 1 aliphatic rings. The van der Waals surface area contributed by atoms with E-state index in [2.05, 4.69) is 5.10 Å². The highest BCUT2D eigenvalue weighted by Crippen LogP contribution is 2.25. The lowest BCUT2D eigenvalue weighted by Crippen LogP contribution is -2.22. The summed E-state index contributed by atoms with van der Waals surface area (Å²) in [7, 11) is 1.92. The molecule has 0 saturated heterocycles. The molecule has 1 aromatic rings. The van der Waals surface area contributed by atoms with Crippen molar-refractivity contribution in [2.45, 2.75) is 50.7 Å². The Bertz CT molecular complexity index is 329. The van der Waals surface area contributed by atoms with Gasteiger partial charge < -0.3 is 10.5 Å². The molecule has 1 saturated carbocycles. The van der Waals surface area contributed by atoms with Crippen molar-refractivity contribution in [2.24, 2.45) is 12.8 Å². The first kappa shape index (κ1) is 12.6. The second kappa shape index (κ2) is 6.17. The van der Waals surface area contributed by atoms with E-state index in [-0.39, 0.29) is 6.10 Å². The van der Waals surface area contributed by atoms with Gasteiger partial charge in [0.1, 0.15) is 0 Å². The fourth-order valence-corrected chi connectivity index (χ4v) is 2.49. The molecule has 1 atom stereocenters. The average molecular weight is 237 g/mol. The maximum absolute atomic E-state index is 6.14. The van der Waals surface area contributed by atoms with Gasteiger partial charge in [0.25, 0.3) is 0 Å². The van der Waals surface area contributed by atoms with Crippen molar-refractivity contribution in [2.75, 3.05) is 6.54 Å². The summed E-state index contributed by atoms with van der Waals surface area (Å²) in [5.74, 6) is 0. The van der Waals surface area contributed by atoms with Crippen LogP contribution in [0.15, 0.2) is 12.4 Å². The maximum atomic E-state index is 6.14. The monoisotopic (exact) mass is 237 g/mol. The number of ether oxygens (including phenoxy) is 1. The average Bonchev–Trinajstić information content (AvgIpc) is 2.62. The zero-order chi connectivity index (χ0) is 12.1. The summed E-state index contributed by atoms with van der Waals surface area (Å²) < 4.78 is 7.94. The van der Waals surface area contributed by atoms with Gasteiger partial charge in [0.05, 0.1) is 18.4 Å². The molecular weight excluding hydrogens is 214 g/mol. The van der Waals surface area contributed by atoms with Crippen LogP contribution in [0.2, 0.25) is 0 Å². The zero-order valence-corrected chi connectivity index (χ0v) is 10.6. The standard InChI is InChI=1S/C13H23N3O/c1-16-10-11(9-15-16)13(8-14)17-12-6-4-2-3-5-7-12/h9-10,12-13H,2-8,14H2,1H3. The molecule has 0 radical (unpaired) electrons. The van der Waals surface area contributed by atoms with Crippen molar-refractivity contribution < 1.29 is 4.74 Å². The summed E-state index contributed by atoms with van der Waals surface area (Å²) in [6, 6.07) is 0. The Kier molecular flexibility index (Phi) is 4.57. The third-order valence-corrected chi connectivity index (χ3v) is 3.47. The first-order valence-corrected chi connectivity index (χ1v) is 6.63. The molecule has 0 aliphatic heterocycles. The Hall–Kier alpha value is -0.870. The van der Waals surface area contributed by atoms with E-state index in [0.29, 0.717) is 12.6 Å². The molecule has 1 aliphatic carbocycles. The van der Waals surface area contributed by atoms with E-state index >= 15 is 0 Å². The van der Waals surface area contributed by atoms with Gasteiger partial charge in [-0.1, -0.05) is 25.7 Å². The van der Waals surface area contributed by atoms with E-state index in [0.717, 1.165) is 5.56 Å². The zero-order valence-electron chi connectivity index (χ0n) is 10.6. The maximum Gasteiger partial charge on any atom is 0.0981 e. The van der Waals surface area contributed by atoms with Crippen molar-refractivity contribution >= 4 is 0 Å². The molecule has 4 nitrogen and oxygen atoms in total.